The Labute approximate surface area is 138 Å². The fraction of sp³-hybridized carbons (Fsp3) is 0.889. The molecule has 132 valence electrons. The lowest BCUT2D eigenvalue weighted by atomic mass is 10.1. The van der Waals surface area contributed by atoms with Gasteiger partial charge < -0.3 is 9.80 Å². The zero-order valence-corrected chi connectivity index (χ0v) is 16.4. The molecule has 0 unspecified atom stereocenters. The number of nitrogens with zero attached hydrogens (tertiary/aromatic N) is 2. The van der Waals surface area contributed by atoms with Gasteiger partial charge in [-0.25, -0.2) is 0 Å². The molecule has 4 nitrogen and oxygen atoms in total. The second-order valence-corrected chi connectivity index (χ2v) is 7.46. The highest BCUT2D eigenvalue weighted by Crippen LogP contribution is 2.05. The van der Waals surface area contributed by atoms with Crippen molar-refractivity contribution in [2.24, 2.45) is 17.8 Å². The van der Waals surface area contributed by atoms with Crippen LogP contribution in [0.1, 0.15) is 61.8 Å². The predicted octanol–water partition coefficient (Wildman–Crippen LogP) is 3.66. The van der Waals surface area contributed by atoms with E-state index in [-0.39, 0.29) is 17.7 Å². The number of hydrogen-bond donors (Lipinski definition) is 0. The lowest BCUT2D eigenvalue weighted by Crippen LogP contribution is -2.33. The Bertz CT molecular complexity index is 323. The van der Waals surface area contributed by atoms with Gasteiger partial charge in [0.1, 0.15) is 0 Å². The number of rotatable bonds is 6. The standard InChI is InChI=1S/2C9H19NO/c1-7(2)6-10(5)9(11)8(3)4;1-7(2)6-9(11)10(5)8(3)4/h2*7-8H,6H2,1-5H3. The SMILES string of the molecule is CC(C)CC(=O)N(C)C(C)C.CC(C)CN(C)C(=O)C(C)C. The Morgan fingerprint density at radius 1 is 0.818 bits per heavy atom. The lowest BCUT2D eigenvalue weighted by Gasteiger charge is -2.22. The fourth-order valence-electron chi connectivity index (χ4n) is 1.86. The second-order valence-electron chi connectivity index (χ2n) is 7.46. The average molecular weight is 315 g/mol. The second kappa shape index (κ2) is 11.5. The van der Waals surface area contributed by atoms with Crippen LogP contribution >= 0.6 is 0 Å². The molecule has 0 radical (unpaired) electrons. The van der Waals surface area contributed by atoms with Gasteiger partial charge in [-0.1, -0.05) is 41.5 Å². The van der Waals surface area contributed by atoms with Crippen molar-refractivity contribution in [2.75, 3.05) is 20.6 Å². The summed E-state index contributed by atoms with van der Waals surface area (Å²) in [4.78, 5) is 26.2. The summed E-state index contributed by atoms with van der Waals surface area (Å²) >= 11 is 0. The molecule has 0 bridgehead atoms. The molecule has 0 aromatic rings. The molecule has 0 heterocycles. The first-order valence-corrected chi connectivity index (χ1v) is 8.40. The minimum Gasteiger partial charge on any atom is -0.345 e. The van der Waals surface area contributed by atoms with E-state index in [0.717, 1.165) is 6.54 Å². The van der Waals surface area contributed by atoms with Gasteiger partial charge in [-0.15, -0.1) is 0 Å². The Morgan fingerprint density at radius 3 is 1.55 bits per heavy atom. The first kappa shape index (κ1) is 23.2. The molecule has 0 rings (SSSR count). The summed E-state index contributed by atoms with van der Waals surface area (Å²) in [5.41, 5.74) is 0. The maximum Gasteiger partial charge on any atom is 0.224 e. The quantitative estimate of drug-likeness (QED) is 0.751. The predicted molar refractivity (Wildman–Crippen MR) is 94.7 cm³/mol. The molecule has 2 amide bonds. The van der Waals surface area contributed by atoms with E-state index in [1.807, 2.05) is 41.8 Å². The first-order chi connectivity index (χ1) is 9.89. The molecular weight excluding hydrogens is 276 g/mol. The van der Waals surface area contributed by atoms with Crippen molar-refractivity contribution in [3.63, 3.8) is 0 Å². The summed E-state index contributed by atoms with van der Waals surface area (Å²) in [6.07, 6.45) is 0.661. The smallest absolute Gasteiger partial charge is 0.224 e. The third-order valence-electron chi connectivity index (χ3n) is 3.26. The third kappa shape index (κ3) is 11.6. The first-order valence-electron chi connectivity index (χ1n) is 8.40. The van der Waals surface area contributed by atoms with Crippen molar-refractivity contribution in [3.05, 3.63) is 0 Å². The summed E-state index contributed by atoms with van der Waals surface area (Å²) in [5.74, 6) is 1.62. The van der Waals surface area contributed by atoms with Crippen molar-refractivity contribution in [1.82, 2.24) is 9.80 Å². The van der Waals surface area contributed by atoms with Gasteiger partial charge in [-0.3, -0.25) is 9.59 Å². The molecule has 4 heteroatoms. The molecule has 0 spiro atoms. The van der Waals surface area contributed by atoms with Crippen molar-refractivity contribution in [2.45, 2.75) is 67.9 Å². The summed E-state index contributed by atoms with van der Waals surface area (Å²) in [7, 11) is 3.72. The monoisotopic (exact) mass is 314 g/mol. The highest BCUT2D eigenvalue weighted by atomic mass is 16.2. The Morgan fingerprint density at radius 2 is 1.27 bits per heavy atom. The van der Waals surface area contributed by atoms with Crippen molar-refractivity contribution in [3.8, 4) is 0 Å². The maximum atomic E-state index is 11.3. The maximum absolute atomic E-state index is 11.3. The molecule has 0 aromatic heterocycles. The molecule has 0 N–H and O–H groups in total. The molecule has 0 aliphatic carbocycles. The highest BCUT2D eigenvalue weighted by molar-refractivity contribution is 5.77. The van der Waals surface area contributed by atoms with Crippen molar-refractivity contribution in [1.29, 1.82) is 0 Å². The van der Waals surface area contributed by atoms with Crippen LogP contribution in [0.3, 0.4) is 0 Å². The van der Waals surface area contributed by atoms with E-state index in [4.69, 9.17) is 0 Å². The number of hydrogen-bond acceptors (Lipinski definition) is 2. The van der Waals surface area contributed by atoms with Crippen LogP contribution in [0.25, 0.3) is 0 Å². The topological polar surface area (TPSA) is 40.6 Å². The van der Waals surface area contributed by atoms with Gasteiger partial charge >= 0.3 is 0 Å². The van der Waals surface area contributed by atoms with Crippen LogP contribution in [0.4, 0.5) is 0 Å². The third-order valence-corrected chi connectivity index (χ3v) is 3.26. The van der Waals surface area contributed by atoms with Gasteiger partial charge in [0.2, 0.25) is 11.8 Å². The van der Waals surface area contributed by atoms with Gasteiger partial charge in [0.25, 0.3) is 0 Å². The van der Waals surface area contributed by atoms with Crippen LogP contribution in [-0.4, -0.2) is 48.3 Å². The minimum absolute atomic E-state index is 0.124. The lowest BCUT2D eigenvalue weighted by molar-refractivity contribution is -0.133. The summed E-state index contributed by atoms with van der Waals surface area (Å²) < 4.78 is 0. The van der Waals surface area contributed by atoms with E-state index in [0.29, 0.717) is 24.3 Å². The van der Waals surface area contributed by atoms with E-state index < -0.39 is 0 Å². The van der Waals surface area contributed by atoms with E-state index in [9.17, 15) is 9.59 Å². The number of carbonyl (C=O) groups is 2. The van der Waals surface area contributed by atoms with Gasteiger partial charge in [-0.05, 0) is 25.7 Å². The summed E-state index contributed by atoms with van der Waals surface area (Å²) in [5, 5.41) is 0. The fourth-order valence-corrected chi connectivity index (χ4v) is 1.86. The van der Waals surface area contributed by atoms with E-state index in [2.05, 4.69) is 27.7 Å². The van der Waals surface area contributed by atoms with Crippen LogP contribution in [-0.2, 0) is 9.59 Å². The molecule has 0 saturated heterocycles. The average Bonchev–Trinajstić information content (AvgIpc) is 2.35. The molecule has 0 fully saturated rings. The van der Waals surface area contributed by atoms with Crippen LogP contribution in [0.15, 0.2) is 0 Å². The van der Waals surface area contributed by atoms with Gasteiger partial charge in [0.05, 0.1) is 0 Å². The van der Waals surface area contributed by atoms with Crippen LogP contribution in [0.2, 0.25) is 0 Å². The Kier molecular flexibility index (Phi) is 12.1. The molecular formula is C18H38N2O2. The van der Waals surface area contributed by atoms with Gasteiger partial charge in [0, 0.05) is 39.0 Å². The van der Waals surface area contributed by atoms with Crippen LogP contribution in [0, 0.1) is 17.8 Å². The largest absolute Gasteiger partial charge is 0.345 e. The van der Waals surface area contributed by atoms with E-state index >= 15 is 0 Å². The number of carbonyl (C=O) groups excluding carboxylic acids is 2. The van der Waals surface area contributed by atoms with E-state index in [1.165, 1.54) is 0 Å². The molecule has 0 aliphatic heterocycles. The minimum atomic E-state index is 0.124. The normalized spacial score (nSPS) is 10.8. The van der Waals surface area contributed by atoms with E-state index in [1.54, 1.807) is 9.80 Å². The van der Waals surface area contributed by atoms with Crippen molar-refractivity contribution < 1.29 is 9.59 Å². The summed E-state index contributed by atoms with van der Waals surface area (Å²) in [6.45, 7) is 17.1. The van der Waals surface area contributed by atoms with Gasteiger partial charge in [-0.2, -0.15) is 0 Å². The molecule has 0 saturated carbocycles. The van der Waals surface area contributed by atoms with Crippen LogP contribution in [0.5, 0.6) is 0 Å². The van der Waals surface area contributed by atoms with Crippen molar-refractivity contribution >= 4 is 11.8 Å². The Balaban J connectivity index is 0. The number of amides is 2. The highest BCUT2D eigenvalue weighted by Gasteiger charge is 2.13. The molecule has 0 aromatic carbocycles. The van der Waals surface area contributed by atoms with Gasteiger partial charge in [0.15, 0.2) is 0 Å². The Hall–Kier alpha value is -1.06. The molecule has 22 heavy (non-hydrogen) atoms. The zero-order valence-electron chi connectivity index (χ0n) is 16.4. The summed E-state index contributed by atoms with van der Waals surface area (Å²) in [6, 6.07) is 0.321. The van der Waals surface area contributed by atoms with Crippen LogP contribution < -0.4 is 0 Å². The molecule has 0 aliphatic rings. The zero-order chi connectivity index (χ0) is 18.0. The molecule has 0 atom stereocenters.